The number of amides is 1. The number of benzene rings is 3. The summed E-state index contributed by atoms with van der Waals surface area (Å²) in [5.74, 6) is 1.74. The number of thioether (sulfide) groups is 1. The summed E-state index contributed by atoms with van der Waals surface area (Å²) in [6, 6.07) is 24.1. The molecule has 3 aromatic rings. The van der Waals surface area contributed by atoms with E-state index >= 15 is 0 Å². The van der Waals surface area contributed by atoms with E-state index < -0.39 is 0 Å². The third kappa shape index (κ3) is 5.72. The Kier molecular flexibility index (Phi) is 6.28. The Hall–Kier alpha value is -3.05. The van der Waals surface area contributed by atoms with Crippen LogP contribution in [0.3, 0.4) is 0 Å². The van der Waals surface area contributed by atoms with Crippen LogP contribution < -0.4 is 10.1 Å². The highest BCUT2D eigenvalue weighted by Gasteiger charge is 2.08. The molecule has 0 unspecified atom stereocenters. The van der Waals surface area contributed by atoms with E-state index in [0.29, 0.717) is 17.1 Å². The summed E-state index contributed by atoms with van der Waals surface area (Å²) in [7, 11) is 0. The lowest BCUT2D eigenvalue weighted by atomic mass is 10.1. The van der Waals surface area contributed by atoms with E-state index in [1.165, 1.54) is 18.7 Å². The number of hydrogen-bond donors (Lipinski definition) is 1. The molecule has 0 heterocycles. The minimum absolute atomic E-state index is 0.0530. The Balaban J connectivity index is 1.54. The molecule has 1 N–H and O–H groups in total. The molecule has 5 heteroatoms. The van der Waals surface area contributed by atoms with E-state index in [-0.39, 0.29) is 11.7 Å². The van der Waals surface area contributed by atoms with Gasteiger partial charge in [0, 0.05) is 23.1 Å². The molecular weight excluding hydrogens is 358 g/mol. The van der Waals surface area contributed by atoms with Crippen molar-refractivity contribution in [2.75, 3.05) is 11.1 Å². The van der Waals surface area contributed by atoms with Crippen molar-refractivity contribution in [3.05, 3.63) is 84.4 Å². The number of carbonyl (C=O) groups excluding carboxylic acids is 2. The molecule has 0 spiro atoms. The van der Waals surface area contributed by atoms with Gasteiger partial charge in [0.2, 0.25) is 5.91 Å². The molecule has 0 atom stereocenters. The van der Waals surface area contributed by atoms with Gasteiger partial charge < -0.3 is 10.1 Å². The molecule has 1 amide bonds. The fourth-order valence-corrected chi connectivity index (χ4v) is 3.20. The molecule has 3 aromatic carbocycles. The van der Waals surface area contributed by atoms with Crippen LogP contribution in [0.25, 0.3) is 0 Å². The van der Waals surface area contributed by atoms with Crippen LogP contribution in [0.4, 0.5) is 5.69 Å². The van der Waals surface area contributed by atoms with Crippen molar-refractivity contribution < 1.29 is 14.3 Å². The van der Waals surface area contributed by atoms with Crippen LogP contribution in [0, 0.1) is 0 Å². The third-order valence-electron chi connectivity index (χ3n) is 3.70. The van der Waals surface area contributed by atoms with Crippen molar-refractivity contribution >= 4 is 29.1 Å². The molecule has 0 aliphatic carbocycles. The zero-order valence-electron chi connectivity index (χ0n) is 14.8. The second-order valence-corrected chi connectivity index (χ2v) is 6.91. The average Bonchev–Trinajstić information content (AvgIpc) is 2.68. The van der Waals surface area contributed by atoms with Gasteiger partial charge in [-0.25, -0.2) is 0 Å². The molecule has 0 aliphatic heterocycles. The molecule has 0 radical (unpaired) electrons. The summed E-state index contributed by atoms with van der Waals surface area (Å²) in [6.45, 7) is 1.47. The number of ketones is 1. The first-order chi connectivity index (χ1) is 13.1. The first kappa shape index (κ1) is 18.7. The predicted octanol–water partition coefficient (Wildman–Crippen LogP) is 5.41. The maximum absolute atomic E-state index is 12.4. The van der Waals surface area contributed by atoms with Gasteiger partial charge in [0.25, 0.3) is 0 Å². The van der Waals surface area contributed by atoms with Gasteiger partial charge in [-0.05, 0) is 60.7 Å². The molecule has 0 fully saturated rings. The monoisotopic (exact) mass is 377 g/mol. The van der Waals surface area contributed by atoms with Crippen molar-refractivity contribution in [2.24, 2.45) is 0 Å². The summed E-state index contributed by atoms with van der Waals surface area (Å²) >= 11 is 1.46. The summed E-state index contributed by atoms with van der Waals surface area (Å²) in [4.78, 5) is 24.4. The molecule has 0 saturated heterocycles. The topological polar surface area (TPSA) is 55.4 Å². The van der Waals surface area contributed by atoms with Crippen molar-refractivity contribution in [1.29, 1.82) is 0 Å². The molecule has 0 saturated carbocycles. The highest BCUT2D eigenvalue weighted by atomic mass is 32.2. The molecule has 4 nitrogen and oxygen atoms in total. The zero-order chi connectivity index (χ0) is 19.1. The summed E-state index contributed by atoms with van der Waals surface area (Å²) in [5, 5.41) is 2.72. The normalized spacial score (nSPS) is 10.3. The maximum atomic E-state index is 12.4. The molecular formula is C22H19NO3S. The van der Waals surface area contributed by atoms with E-state index in [4.69, 9.17) is 4.74 Å². The zero-order valence-corrected chi connectivity index (χ0v) is 15.7. The number of carbonyl (C=O) groups is 2. The third-order valence-corrected chi connectivity index (χ3v) is 4.71. The van der Waals surface area contributed by atoms with Crippen LogP contribution in [0.5, 0.6) is 11.5 Å². The van der Waals surface area contributed by atoms with E-state index in [1.54, 1.807) is 24.3 Å². The second-order valence-electron chi connectivity index (χ2n) is 5.86. The number of hydrogen-bond acceptors (Lipinski definition) is 4. The minimum atomic E-state index is -0.106. The van der Waals surface area contributed by atoms with Crippen molar-refractivity contribution in [1.82, 2.24) is 0 Å². The van der Waals surface area contributed by atoms with Gasteiger partial charge in [-0.3, -0.25) is 9.59 Å². The van der Waals surface area contributed by atoms with Crippen LogP contribution >= 0.6 is 11.8 Å². The van der Waals surface area contributed by atoms with Crippen molar-refractivity contribution in [2.45, 2.75) is 11.8 Å². The fraction of sp³-hybridized carbons (Fsp3) is 0.0909. The highest BCUT2D eigenvalue weighted by Crippen LogP contribution is 2.24. The smallest absolute Gasteiger partial charge is 0.221 e. The first-order valence-corrected chi connectivity index (χ1v) is 9.45. The quantitative estimate of drug-likeness (QED) is 0.442. The van der Waals surface area contributed by atoms with Gasteiger partial charge in [0.15, 0.2) is 5.78 Å². The highest BCUT2D eigenvalue weighted by molar-refractivity contribution is 8.00. The van der Waals surface area contributed by atoms with Gasteiger partial charge in [0.05, 0.1) is 5.75 Å². The number of ether oxygens (including phenoxy) is 1. The van der Waals surface area contributed by atoms with Crippen LogP contribution in [0.15, 0.2) is 83.8 Å². The van der Waals surface area contributed by atoms with E-state index in [2.05, 4.69) is 5.32 Å². The summed E-state index contributed by atoms with van der Waals surface area (Å²) in [5.41, 5.74) is 1.39. The van der Waals surface area contributed by atoms with Crippen molar-refractivity contribution in [3.8, 4) is 11.5 Å². The number of anilines is 1. The van der Waals surface area contributed by atoms with Gasteiger partial charge in [-0.1, -0.05) is 18.2 Å². The number of nitrogens with one attached hydrogen (secondary N) is 1. The molecule has 136 valence electrons. The SMILES string of the molecule is CC(=O)Nc1ccc(SCC(=O)c2ccc(Oc3ccccc3)cc2)cc1. The van der Waals surface area contributed by atoms with Gasteiger partial charge in [0.1, 0.15) is 11.5 Å². The summed E-state index contributed by atoms with van der Waals surface area (Å²) in [6.07, 6.45) is 0. The van der Waals surface area contributed by atoms with Gasteiger partial charge in [-0.15, -0.1) is 11.8 Å². The van der Waals surface area contributed by atoms with E-state index in [9.17, 15) is 9.59 Å². The lowest BCUT2D eigenvalue weighted by Gasteiger charge is -2.07. The lowest BCUT2D eigenvalue weighted by Crippen LogP contribution is -2.05. The maximum Gasteiger partial charge on any atom is 0.221 e. The fourth-order valence-electron chi connectivity index (χ4n) is 2.40. The van der Waals surface area contributed by atoms with Crippen LogP contribution in [-0.2, 0) is 4.79 Å². The predicted molar refractivity (Wildman–Crippen MR) is 109 cm³/mol. The minimum Gasteiger partial charge on any atom is -0.457 e. The number of Topliss-reactive ketones (excluding diaryl/α,β-unsaturated/α-hetero) is 1. The average molecular weight is 377 g/mol. The Morgan fingerprint density at radius 2 is 1.48 bits per heavy atom. The molecule has 0 bridgehead atoms. The molecule has 27 heavy (non-hydrogen) atoms. The lowest BCUT2D eigenvalue weighted by molar-refractivity contribution is -0.114. The van der Waals surface area contributed by atoms with Crippen molar-refractivity contribution in [3.63, 3.8) is 0 Å². The van der Waals surface area contributed by atoms with Crippen LogP contribution in [0.1, 0.15) is 17.3 Å². The van der Waals surface area contributed by atoms with Gasteiger partial charge >= 0.3 is 0 Å². The van der Waals surface area contributed by atoms with E-state index in [0.717, 1.165) is 16.3 Å². The Bertz CT molecular complexity index is 907. The Morgan fingerprint density at radius 1 is 0.852 bits per heavy atom. The van der Waals surface area contributed by atoms with Crippen LogP contribution in [0.2, 0.25) is 0 Å². The molecule has 0 aliphatic rings. The molecule has 3 rings (SSSR count). The number of para-hydroxylation sites is 1. The largest absolute Gasteiger partial charge is 0.457 e. The van der Waals surface area contributed by atoms with E-state index in [1.807, 2.05) is 54.6 Å². The standard InChI is InChI=1S/C22H19NO3S/c1-16(24)23-18-9-13-21(14-10-18)27-15-22(25)17-7-11-20(12-8-17)26-19-5-3-2-4-6-19/h2-14H,15H2,1H3,(H,23,24). The van der Waals surface area contributed by atoms with Gasteiger partial charge in [-0.2, -0.15) is 0 Å². The first-order valence-electron chi connectivity index (χ1n) is 8.47. The Morgan fingerprint density at radius 3 is 2.11 bits per heavy atom. The molecule has 0 aromatic heterocycles. The van der Waals surface area contributed by atoms with Crippen LogP contribution in [-0.4, -0.2) is 17.4 Å². The number of rotatable bonds is 7. The summed E-state index contributed by atoms with van der Waals surface area (Å²) < 4.78 is 5.73. The Labute approximate surface area is 162 Å². The second kappa shape index (κ2) is 9.05.